The normalized spacial score (nSPS) is 14.9. The SMILES string of the molecule is CCOC(=O)C1=C(C)N=c2s/c(=C/c3cc(Cl)c(OCC(=O)O)c(OC)c3)c(=O)n2[C@@H]1c1cccc2ccccc12. The Morgan fingerprint density at radius 1 is 1.17 bits per heavy atom. The van der Waals surface area contributed by atoms with E-state index in [0.717, 1.165) is 16.3 Å². The highest BCUT2D eigenvalue weighted by molar-refractivity contribution is 7.07. The fourth-order valence-corrected chi connectivity index (χ4v) is 6.14. The number of methoxy groups -OCH3 is 1. The van der Waals surface area contributed by atoms with Crippen LogP contribution < -0.4 is 24.4 Å². The predicted molar refractivity (Wildman–Crippen MR) is 155 cm³/mol. The number of fused-ring (bicyclic) bond motifs is 2. The quantitative estimate of drug-likeness (QED) is 0.307. The number of allylic oxidation sites excluding steroid dienone is 1. The fraction of sp³-hybridized carbons (Fsp3) is 0.200. The van der Waals surface area contributed by atoms with Gasteiger partial charge in [-0.05, 0) is 54.0 Å². The molecule has 0 saturated heterocycles. The smallest absolute Gasteiger partial charge is 0.341 e. The number of ether oxygens (including phenoxy) is 3. The minimum absolute atomic E-state index is 0.0841. The first kappa shape index (κ1) is 28.1. The summed E-state index contributed by atoms with van der Waals surface area (Å²) in [4.78, 5) is 43.3. The van der Waals surface area contributed by atoms with Gasteiger partial charge in [0.05, 0.1) is 40.6 Å². The van der Waals surface area contributed by atoms with Gasteiger partial charge in [-0.3, -0.25) is 9.36 Å². The second kappa shape index (κ2) is 11.6. The standard InChI is InChI=1S/C30H25ClN2O7S/c1-4-39-29(37)25-16(2)32-30-33(26(25)20-11-7-9-18-8-5-6-10-19(18)20)28(36)23(41-30)14-17-12-21(31)27(22(13-17)38-3)40-15-24(34)35/h5-14,26H,4,15H2,1-3H3,(H,34,35)/b23-14+/t26-/m1/s1. The predicted octanol–water partition coefficient (Wildman–Crippen LogP) is 4.08. The molecule has 0 amide bonds. The highest BCUT2D eigenvalue weighted by Gasteiger charge is 2.34. The number of aliphatic carboxylic acids is 1. The van der Waals surface area contributed by atoms with Crippen molar-refractivity contribution in [2.24, 2.45) is 4.99 Å². The van der Waals surface area contributed by atoms with Gasteiger partial charge in [0.1, 0.15) is 0 Å². The second-order valence-electron chi connectivity index (χ2n) is 9.09. The first-order valence-corrected chi connectivity index (χ1v) is 13.8. The van der Waals surface area contributed by atoms with Crippen molar-refractivity contribution in [2.75, 3.05) is 20.3 Å². The monoisotopic (exact) mass is 592 g/mol. The molecule has 5 rings (SSSR count). The largest absolute Gasteiger partial charge is 0.493 e. The molecule has 0 aliphatic carbocycles. The minimum atomic E-state index is -1.16. The lowest BCUT2D eigenvalue weighted by molar-refractivity contribution is -0.140. The zero-order valence-corrected chi connectivity index (χ0v) is 23.9. The van der Waals surface area contributed by atoms with Crippen LogP contribution in [-0.4, -0.2) is 41.9 Å². The van der Waals surface area contributed by atoms with Crippen LogP contribution in [0.5, 0.6) is 11.5 Å². The van der Waals surface area contributed by atoms with Crippen molar-refractivity contribution in [1.82, 2.24) is 4.57 Å². The molecule has 1 aliphatic heterocycles. The lowest BCUT2D eigenvalue weighted by Gasteiger charge is -2.25. The van der Waals surface area contributed by atoms with Crippen molar-refractivity contribution < 1.29 is 28.9 Å². The Labute approximate surface area is 243 Å². The molecule has 1 aromatic heterocycles. The summed E-state index contributed by atoms with van der Waals surface area (Å²) in [7, 11) is 1.40. The molecule has 1 aliphatic rings. The first-order valence-electron chi connectivity index (χ1n) is 12.6. The number of thiazole rings is 1. The summed E-state index contributed by atoms with van der Waals surface area (Å²) < 4.78 is 17.9. The molecule has 0 radical (unpaired) electrons. The van der Waals surface area contributed by atoms with Gasteiger partial charge in [0.15, 0.2) is 22.9 Å². The number of hydrogen-bond acceptors (Lipinski definition) is 8. The van der Waals surface area contributed by atoms with E-state index in [1.807, 2.05) is 42.5 Å². The Morgan fingerprint density at radius 3 is 2.66 bits per heavy atom. The van der Waals surface area contributed by atoms with Gasteiger partial charge < -0.3 is 19.3 Å². The molecule has 0 fully saturated rings. The number of aromatic nitrogens is 1. The number of rotatable bonds is 8. The Balaban J connectivity index is 1.71. The zero-order valence-electron chi connectivity index (χ0n) is 22.3. The molecule has 3 aromatic carbocycles. The molecule has 11 heteroatoms. The highest BCUT2D eigenvalue weighted by atomic mass is 35.5. The Morgan fingerprint density at radius 2 is 1.93 bits per heavy atom. The summed E-state index contributed by atoms with van der Waals surface area (Å²) in [5, 5.41) is 11.0. The minimum Gasteiger partial charge on any atom is -0.493 e. The van der Waals surface area contributed by atoms with Gasteiger partial charge in [0.25, 0.3) is 5.56 Å². The van der Waals surface area contributed by atoms with Crippen LogP contribution in [0.15, 0.2) is 75.7 Å². The fourth-order valence-electron chi connectivity index (χ4n) is 4.82. The average molecular weight is 593 g/mol. The Bertz CT molecular complexity index is 1900. The second-order valence-corrected chi connectivity index (χ2v) is 10.5. The van der Waals surface area contributed by atoms with Gasteiger partial charge in [0, 0.05) is 0 Å². The topological polar surface area (TPSA) is 116 Å². The highest BCUT2D eigenvalue weighted by Crippen LogP contribution is 2.37. The van der Waals surface area contributed by atoms with E-state index in [4.69, 9.17) is 30.9 Å². The lowest BCUT2D eigenvalue weighted by atomic mass is 9.91. The molecule has 0 bridgehead atoms. The molecule has 9 nitrogen and oxygen atoms in total. The van der Waals surface area contributed by atoms with Crippen LogP contribution in [0, 0.1) is 0 Å². The van der Waals surface area contributed by atoms with E-state index in [2.05, 4.69) is 4.99 Å². The van der Waals surface area contributed by atoms with Crippen LogP contribution in [0.2, 0.25) is 5.02 Å². The first-order chi connectivity index (χ1) is 19.7. The van der Waals surface area contributed by atoms with E-state index in [9.17, 15) is 14.4 Å². The van der Waals surface area contributed by atoms with Crippen molar-refractivity contribution >= 4 is 51.7 Å². The van der Waals surface area contributed by atoms with Gasteiger partial charge in [-0.15, -0.1) is 0 Å². The molecule has 1 atom stereocenters. The van der Waals surface area contributed by atoms with E-state index >= 15 is 0 Å². The van der Waals surface area contributed by atoms with E-state index in [1.54, 1.807) is 32.1 Å². The number of hydrogen-bond donors (Lipinski definition) is 1. The number of carbonyl (C=O) groups excluding carboxylic acids is 1. The summed E-state index contributed by atoms with van der Waals surface area (Å²) in [6, 6.07) is 15.9. The van der Waals surface area contributed by atoms with Crippen molar-refractivity contribution in [1.29, 1.82) is 0 Å². The molecule has 2 heterocycles. The van der Waals surface area contributed by atoms with Crippen LogP contribution >= 0.6 is 22.9 Å². The van der Waals surface area contributed by atoms with Crippen LogP contribution in [0.3, 0.4) is 0 Å². The van der Waals surface area contributed by atoms with Gasteiger partial charge in [0.2, 0.25) is 0 Å². The summed E-state index contributed by atoms with van der Waals surface area (Å²) in [5.74, 6) is -1.39. The van der Waals surface area contributed by atoms with Crippen molar-refractivity contribution in [3.63, 3.8) is 0 Å². The van der Waals surface area contributed by atoms with Crippen LogP contribution in [0.4, 0.5) is 0 Å². The molecule has 4 aromatic rings. The third kappa shape index (κ3) is 5.36. The molecule has 0 unspecified atom stereocenters. The van der Waals surface area contributed by atoms with Gasteiger partial charge in [-0.1, -0.05) is 65.4 Å². The average Bonchev–Trinajstić information content (AvgIpc) is 3.24. The maximum atomic E-state index is 14.0. The summed E-state index contributed by atoms with van der Waals surface area (Å²) in [6.45, 7) is 3.05. The van der Waals surface area contributed by atoms with E-state index in [-0.39, 0.29) is 28.7 Å². The van der Waals surface area contributed by atoms with Crippen LogP contribution in [0.1, 0.15) is 31.0 Å². The maximum absolute atomic E-state index is 14.0. The van der Waals surface area contributed by atoms with Crippen molar-refractivity contribution in [2.45, 2.75) is 19.9 Å². The van der Waals surface area contributed by atoms with Crippen LogP contribution in [-0.2, 0) is 14.3 Å². The Kier molecular flexibility index (Phi) is 7.96. The lowest BCUT2D eigenvalue weighted by Crippen LogP contribution is -2.40. The summed E-state index contributed by atoms with van der Waals surface area (Å²) >= 11 is 7.57. The van der Waals surface area contributed by atoms with E-state index in [1.165, 1.54) is 23.0 Å². The molecule has 41 heavy (non-hydrogen) atoms. The Hall–Kier alpha value is -4.41. The molecular weight excluding hydrogens is 568 g/mol. The maximum Gasteiger partial charge on any atom is 0.341 e. The number of halogens is 1. The number of carboxylic acid groups (broad SMARTS) is 1. The summed E-state index contributed by atoms with van der Waals surface area (Å²) in [6.07, 6.45) is 1.64. The molecular formula is C30H25ClN2O7S. The third-order valence-corrected chi connectivity index (χ3v) is 7.79. The molecule has 210 valence electrons. The number of carbonyl (C=O) groups is 2. The number of esters is 1. The van der Waals surface area contributed by atoms with Gasteiger partial charge >= 0.3 is 11.9 Å². The molecule has 0 saturated carbocycles. The van der Waals surface area contributed by atoms with Crippen LogP contribution in [0.25, 0.3) is 16.8 Å². The van der Waals surface area contributed by atoms with Gasteiger partial charge in [-0.25, -0.2) is 14.6 Å². The van der Waals surface area contributed by atoms with Crippen molar-refractivity contribution in [3.05, 3.63) is 102 Å². The number of carboxylic acids is 1. The molecule has 0 spiro atoms. The van der Waals surface area contributed by atoms with Crippen molar-refractivity contribution in [3.8, 4) is 11.5 Å². The number of benzene rings is 3. The zero-order chi connectivity index (χ0) is 29.3. The van der Waals surface area contributed by atoms with E-state index in [0.29, 0.717) is 26.2 Å². The third-order valence-electron chi connectivity index (χ3n) is 6.52. The van der Waals surface area contributed by atoms with Gasteiger partial charge in [-0.2, -0.15) is 0 Å². The molecule has 1 N–H and O–H groups in total. The number of nitrogens with zero attached hydrogens (tertiary/aromatic N) is 2. The summed E-state index contributed by atoms with van der Waals surface area (Å²) in [5.41, 5.74) is 1.73. The van der Waals surface area contributed by atoms with E-state index < -0.39 is 24.6 Å².